The lowest BCUT2D eigenvalue weighted by molar-refractivity contribution is -0.141. The van der Waals surface area contributed by atoms with Gasteiger partial charge in [0.25, 0.3) is 5.91 Å². The Morgan fingerprint density at radius 1 is 1.22 bits per heavy atom. The predicted molar refractivity (Wildman–Crippen MR) is 133 cm³/mol. The van der Waals surface area contributed by atoms with E-state index in [2.05, 4.69) is 10.4 Å². The minimum Gasteiger partial charge on any atom is -0.364 e. The van der Waals surface area contributed by atoms with Crippen LogP contribution in [0, 0.1) is 18.7 Å². The Bertz CT molecular complexity index is 1370. The van der Waals surface area contributed by atoms with Crippen molar-refractivity contribution in [3.8, 4) is 0 Å². The van der Waals surface area contributed by atoms with Gasteiger partial charge in [0.1, 0.15) is 18.4 Å². The average molecular weight is 512 g/mol. The number of fused-ring (bicyclic) bond motifs is 2. The van der Waals surface area contributed by atoms with Gasteiger partial charge in [-0.15, -0.1) is 0 Å². The molecule has 0 bridgehead atoms. The number of primary amides is 1. The third kappa shape index (κ3) is 4.32. The van der Waals surface area contributed by atoms with Crippen LogP contribution in [0.5, 0.6) is 0 Å². The number of nitrogens with zero attached hydrogens (tertiary/aromatic N) is 3. The summed E-state index contributed by atoms with van der Waals surface area (Å²) in [5, 5.41) is 7.70. The standard InChI is InChI=1S/C26H27ClFN5O3/c1-14-8-9-20-17(10-14)24(25(29)35)31-32(20)13-22(34)33-19-7-3-4-15(19)11-21(33)26(36)30-12-16-5-2-6-18(27)23(16)28/h2,5-6,8-10,15,19,21H,3-4,7,11-13H2,1H3,(H2,29,35)(H,30,36)/t15-,19-,21-/m0/s1. The fourth-order valence-electron chi connectivity index (χ4n) is 5.67. The summed E-state index contributed by atoms with van der Waals surface area (Å²) in [6.45, 7) is 1.75. The first-order valence-corrected chi connectivity index (χ1v) is 12.4. The molecule has 10 heteroatoms. The Morgan fingerprint density at radius 2 is 2.03 bits per heavy atom. The first-order valence-electron chi connectivity index (χ1n) is 12.0. The van der Waals surface area contributed by atoms with E-state index < -0.39 is 17.8 Å². The van der Waals surface area contributed by atoms with E-state index in [1.165, 1.54) is 10.7 Å². The molecule has 188 valence electrons. The monoisotopic (exact) mass is 511 g/mol. The van der Waals surface area contributed by atoms with Crippen molar-refractivity contribution in [2.75, 3.05) is 0 Å². The third-order valence-electron chi connectivity index (χ3n) is 7.34. The van der Waals surface area contributed by atoms with Crippen LogP contribution in [0.4, 0.5) is 4.39 Å². The fraction of sp³-hybridized carbons (Fsp3) is 0.385. The number of halogens is 2. The molecule has 1 saturated heterocycles. The summed E-state index contributed by atoms with van der Waals surface area (Å²) >= 11 is 5.86. The molecule has 5 rings (SSSR count). The molecular formula is C26H27ClFN5O3. The Balaban J connectivity index is 1.38. The maximum Gasteiger partial charge on any atom is 0.269 e. The van der Waals surface area contributed by atoms with Crippen LogP contribution in [0.25, 0.3) is 10.9 Å². The molecule has 1 saturated carbocycles. The summed E-state index contributed by atoms with van der Waals surface area (Å²) in [7, 11) is 0. The van der Waals surface area contributed by atoms with Crippen LogP contribution in [0.15, 0.2) is 36.4 Å². The van der Waals surface area contributed by atoms with Gasteiger partial charge < -0.3 is 16.0 Å². The summed E-state index contributed by atoms with van der Waals surface area (Å²) in [4.78, 5) is 40.5. The van der Waals surface area contributed by atoms with Crippen molar-refractivity contribution in [3.05, 3.63) is 64.1 Å². The Morgan fingerprint density at radius 3 is 2.81 bits per heavy atom. The summed E-state index contributed by atoms with van der Waals surface area (Å²) < 4.78 is 15.8. The maximum atomic E-state index is 14.3. The molecule has 2 aromatic carbocycles. The Kier molecular flexibility index (Phi) is 6.42. The van der Waals surface area contributed by atoms with E-state index >= 15 is 0 Å². The summed E-state index contributed by atoms with van der Waals surface area (Å²) in [6, 6.07) is 9.45. The van der Waals surface area contributed by atoms with E-state index in [-0.39, 0.29) is 53.1 Å². The van der Waals surface area contributed by atoms with Gasteiger partial charge in [0.05, 0.1) is 10.5 Å². The lowest BCUT2D eigenvalue weighted by Gasteiger charge is -2.29. The van der Waals surface area contributed by atoms with Crippen LogP contribution >= 0.6 is 11.6 Å². The second-order valence-corrected chi connectivity index (χ2v) is 10.0. The van der Waals surface area contributed by atoms with Gasteiger partial charge in [-0.1, -0.05) is 41.8 Å². The molecule has 1 aromatic heterocycles. The van der Waals surface area contributed by atoms with E-state index in [0.717, 1.165) is 24.8 Å². The number of benzene rings is 2. The zero-order valence-corrected chi connectivity index (χ0v) is 20.6. The van der Waals surface area contributed by atoms with Gasteiger partial charge in [-0.25, -0.2) is 4.39 Å². The number of aryl methyl sites for hydroxylation is 1. The first kappa shape index (κ1) is 24.2. The molecule has 0 spiro atoms. The fourth-order valence-corrected chi connectivity index (χ4v) is 5.87. The molecule has 2 heterocycles. The van der Waals surface area contributed by atoms with E-state index in [1.54, 1.807) is 17.0 Å². The number of hydrogen-bond acceptors (Lipinski definition) is 4. The quantitative estimate of drug-likeness (QED) is 0.529. The van der Waals surface area contributed by atoms with Crippen molar-refractivity contribution in [2.45, 2.75) is 57.8 Å². The van der Waals surface area contributed by atoms with Gasteiger partial charge in [-0.05, 0) is 50.3 Å². The second kappa shape index (κ2) is 9.54. The van der Waals surface area contributed by atoms with Crippen molar-refractivity contribution in [2.24, 2.45) is 11.7 Å². The minimum absolute atomic E-state index is 0.00840. The average Bonchev–Trinajstić information content (AvgIpc) is 3.52. The molecule has 3 amide bonds. The van der Waals surface area contributed by atoms with Crippen LogP contribution in [0.1, 0.15) is 47.3 Å². The van der Waals surface area contributed by atoms with E-state index in [1.807, 2.05) is 25.1 Å². The number of hydrogen-bond donors (Lipinski definition) is 2. The Labute approximate surface area is 212 Å². The van der Waals surface area contributed by atoms with Crippen LogP contribution in [0.3, 0.4) is 0 Å². The van der Waals surface area contributed by atoms with Gasteiger partial charge in [0, 0.05) is 23.5 Å². The predicted octanol–water partition coefficient (Wildman–Crippen LogP) is 3.32. The van der Waals surface area contributed by atoms with Crippen LogP contribution in [-0.4, -0.2) is 44.5 Å². The largest absolute Gasteiger partial charge is 0.364 e. The summed E-state index contributed by atoms with van der Waals surface area (Å²) in [6.07, 6.45) is 3.34. The first-order chi connectivity index (χ1) is 17.2. The molecule has 2 aliphatic rings. The number of carbonyl (C=O) groups is 3. The normalized spacial score (nSPS) is 21.1. The van der Waals surface area contributed by atoms with Gasteiger partial charge in [-0.2, -0.15) is 5.10 Å². The summed E-state index contributed by atoms with van der Waals surface area (Å²) in [5.74, 6) is -1.57. The second-order valence-electron chi connectivity index (χ2n) is 9.63. The molecule has 3 aromatic rings. The molecular weight excluding hydrogens is 485 g/mol. The zero-order chi connectivity index (χ0) is 25.6. The van der Waals surface area contributed by atoms with Gasteiger partial charge in [-0.3, -0.25) is 19.1 Å². The molecule has 1 aliphatic heterocycles. The van der Waals surface area contributed by atoms with Crippen molar-refractivity contribution in [1.82, 2.24) is 20.0 Å². The van der Waals surface area contributed by atoms with Crippen LogP contribution in [0.2, 0.25) is 5.02 Å². The third-order valence-corrected chi connectivity index (χ3v) is 7.63. The minimum atomic E-state index is -0.667. The van der Waals surface area contributed by atoms with Gasteiger partial charge in [0.2, 0.25) is 11.8 Å². The molecule has 8 nitrogen and oxygen atoms in total. The SMILES string of the molecule is Cc1ccc2c(c1)c(C(N)=O)nn2CC(=O)N1[C@H](C(=O)NCc2cccc(Cl)c2F)C[C@@H]2CCC[C@@H]21. The molecule has 2 fully saturated rings. The molecule has 36 heavy (non-hydrogen) atoms. The topological polar surface area (TPSA) is 110 Å². The lowest BCUT2D eigenvalue weighted by atomic mass is 10.0. The highest BCUT2D eigenvalue weighted by atomic mass is 35.5. The maximum absolute atomic E-state index is 14.3. The van der Waals surface area contributed by atoms with Crippen molar-refractivity contribution < 1.29 is 18.8 Å². The van der Waals surface area contributed by atoms with Crippen molar-refractivity contribution in [1.29, 1.82) is 0 Å². The van der Waals surface area contributed by atoms with E-state index in [0.29, 0.717) is 17.3 Å². The van der Waals surface area contributed by atoms with Crippen LogP contribution < -0.4 is 11.1 Å². The lowest BCUT2D eigenvalue weighted by Crippen LogP contribution is -2.49. The highest BCUT2D eigenvalue weighted by Gasteiger charge is 2.48. The van der Waals surface area contributed by atoms with E-state index in [4.69, 9.17) is 17.3 Å². The van der Waals surface area contributed by atoms with Gasteiger partial charge >= 0.3 is 0 Å². The summed E-state index contributed by atoms with van der Waals surface area (Å²) in [5.41, 5.74) is 7.49. The smallest absolute Gasteiger partial charge is 0.269 e. The number of aromatic nitrogens is 2. The molecule has 0 radical (unpaired) electrons. The highest BCUT2D eigenvalue weighted by Crippen LogP contribution is 2.41. The number of nitrogens with two attached hydrogens (primary N) is 1. The van der Waals surface area contributed by atoms with Crippen molar-refractivity contribution >= 4 is 40.2 Å². The Hall–Kier alpha value is -3.46. The highest BCUT2D eigenvalue weighted by molar-refractivity contribution is 6.30. The van der Waals surface area contributed by atoms with Crippen LogP contribution in [-0.2, 0) is 22.7 Å². The van der Waals surface area contributed by atoms with E-state index in [9.17, 15) is 18.8 Å². The van der Waals surface area contributed by atoms with Crippen molar-refractivity contribution in [3.63, 3.8) is 0 Å². The zero-order valence-electron chi connectivity index (χ0n) is 19.8. The number of rotatable bonds is 6. The molecule has 3 N–H and O–H groups in total. The molecule has 0 unspecified atom stereocenters. The number of carbonyl (C=O) groups excluding carboxylic acids is 3. The number of likely N-dealkylation sites (tertiary alicyclic amines) is 1. The molecule has 3 atom stereocenters. The molecule has 1 aliphatic carbocycles. The van der Waals surface area contributed by atoms with Gasteiger partial charge in [0.15, 0.2) is 5.69 Å². The number of amides is 3. The number of nitrogens with one attached hydrogen (secondary N) is 1.